The molecular formula is C22H22N4O4S. The van der Waals surface area contributed by atoms with E-state index >= 15 is 0 Å². The molecule has 0 spiro atoms. The summed E-state index contributed by atoms with van der Waals surface area (Å²) < 4.78 is 13.3. The molecule has 1 aromatic carbocycles. The summed E-state index contributed by atoms with van der Waals surface area (Å²) in [5, 5.41) is 8.84. The van der Waals surface area contributed by atoms with Crippen LogP contribution in [0.1, 0.15) is 27.9 Å². The number of hydrogen-bond acceptors (Lipinski definition) is 7. The maximum Gasteiger partial charge on any atom is 0.348 e. The average molecular weight is 439 g/mol. The van der Waals surface area contributed by atoms with E-state index in [0.29, 0.717) is 28.7 Å². The monoisotopic (exact) mass is 438 g/mol. The van der Waals surface area contributed by atoms with E-state index < -0.39 is 0 Å². The molecule has 0 bridgehead atoms. The fourth-order valence-corrected chi connectivity index (χ4v) is 4.34. The molecule has 3 aromatic heterocycles. The number of nitrogens with one attached hydrogen (secondary N) is 1. The first-order valence-corrected chi connectivity index (χ1v) is 10.6. The lowest BCUT2D eigenvalue weighted by atomic mass is 10.2. The molecule has 0 aliphatic rings. The molecule has 3 heterocycles. The molecule has 0 unspecified atom stereocenters. The molecule has 0 radical (unpaired) electrons. The first-order valence-electron chi connectivity index (χ1n) is 9.80. The van der Waals surface area contributed by atoms with Crippen molar-refractivity contribution in [2.75, 3.05) is 18.5 Å². The second-order valence-electron chi connectivity index (χ2n) is 7.13. The van der Waals surface area contributed by atoms with Gasteiger partial charge in [-0.05, 0) is 62.1 Å². The van der Waals surface area contributed by atoms with Gasteiger partial charge in [-0.2, -0.15) is 0 Å². The molecule has 8 nitrogen and oxygen atoms in total. The topological polar surface area (TPSA) is 95.3 Å². The van der Waals surface area contributed by atoms with E-state index in [1.54, 1.807) is 30.8 Å². The summed E-state index contributed by atoms with van der Waals surface area (Å²) in [6.07, 6.45) is 0. The van der Waals surface area contributed by atoms with Crippen LogP contribution in [0.3, 0.4) is 0 Å². The van der Waals surface area contributed by atoms with Gasteiger partial charge in [-0.3, -0.25) is 4.79 Å². The maximum absolute atomic E-state index is 12.4. The van der Waals surface area contributed by atoms with Crippen LogP contribution in [0.25, 0.3) is 21.1 Å². The molecular weight excluding hydrogens is 416 g/mol. The Morgan fingerprint density at radius 2 is 2.00 bits per heavy atom. The van der Waals surface area contributed by atoms with Crippen molar-refractivity contribution >= 4 is 50.0 Å². The number of hydrogen-bond donors (Lipinski definition) is 1. The molecule has 31 heavy (non-hydrogen) atoms. The zero-order valence-electron chi connectivity index (χ0n) is 17.7. The van der Waals surface area contributed by atoms with Crippen molar-refractivity contribution in [2.24, 2.45) is 7.05 Å². The van der Waals surface area contributed by atoms with Crippen LogP contribution in [0.4, 0.5) is 5.69 Å². The minimum atomic E-state index is -0.342. The maximum atomic E-state index is 12.4. The molecule has 4 aromatic rings. The number of carbonyl (C=O) groups excluding carboxylic acids is 2. The predicted molar refractivity (Wildman–Crippen MR) is 120 cm³/mol. The molecule has 0 aliphatic heterocycles. The highest BCUT2D eigenvalue weighted by Gasteiger charge is 2.16. The number of thiophene rings is 1. The van der Waals surface area contributed by atoms with Gasteiger partial charge in [0.1, 0.15) is 4.88 Å². The number of benzene rings is 1. The van der Waals surface area contributed by atoms with Gasteiger partial charge in [0.2, 0.25) is 5.88 Å². The number of amides is 1. The number of anilines is 1. The standard InChI is InChI=1S/C22H22N4O4S/c1-5-29-22(28)17-10-14-9-15(6-7-16(14)31-17)24-18(27)11-30-21-19-12(2)8-13(3)23-20(19)26(4)25-21/h6-10H,5,11H2,1-4H3,(H,24,27). The molecule has 9 heteroatoms. The molecule has 0 saturated heterocycles. The van der Waals surface area contributed by atoms with Gasteiger partial charge in [-0.15, -0.1) is 16.4 Å². The second kappa shape index (κ2) is 8.35. The zero-order valence-corrected chi connectivity index (χ0v) is 18.5. The Kier molecular flexibility index (Phi) is 5.60. The van der Waals surface area contributed by atoms with E-state index in [9.17, 15) is 9.59 Å². The Labute approximate surface area is 182 Å². The van der Waals surface area contributed by atoms with Gasteiger partial charge in [0.25, 0.3) is 5.91 Å². The largest absolute Gasteiger partial charge is 0.466 e. The fraction of sp³-hybridized carbons (Fsp3) is 0.273. The van der Waals surface area contributed by atoms with Crippen LogP contribution >= 0.6 is 11.3 Å². The highest BCUT2D eigenvalue weighted by Crippen LogP contribution is 2.29. The summed E-state index contributed by atoms with van der Waals surface area (Å²) >= 11 is 1.36. The summed E-state index contributed by atoms with van der Waals surface area (Å²) in [5.41, 5.74) is 3.22. The van der Waals surface area contributed by atoms with Gasteiger partial charge in [0.05, 0.1) is 12.0 Å². The molecule has 0 saturated carbocycles. The molecule has 0 aliphatic carbocycles. The van der Waals surface area contributed by atoms with E-state index in [-0.39, 0.29) is 18.5 Å². The van der Waals surface area contributed by atoms with E-state index in [2.05, 4.69) is 15.4 Å². The Morgan fingerprint density at radius 1 is 1.19 bits per heavy atom. The van der Waals surface area contributed by atoms with Crippen molar-refractivity contribution in [3.63, 3.8) is 0 Å². The minimum absolute atomic E-state index is 0.185. The fourth-order valence-electron chi connectivity index (χ4n) is 3.41. The third kappa shape index (κ3) is 4.22. The van der Waals surface area contributed by atoms with Crippen LogP contribution in [0.15, 0.2) is 30.3 Å². The number of nitrogens with zero attached hydrogens (tertiary/aromatic N) is 3. The van der Waals surface area contributed by atoms with Crippen molar-refractivity contribution in [3.8, 4) is 5.88 Å². The SMILES string of the molecule is CCOC(=O)c1cc2cc(NC(=O)COc3nn(C)c4nc(C)cc(C)c34)ccc2s1. The predicted octanol–water partition coefficient (Wildman–Crippen LogP) is 3.99. The number of rotatable bonds is 6. The van der Waals surface area contributed by atoms with Crippen molar-refractivity contribution in [2.45, 2.75) is 20.8 Å². The molecule has 1 N–H and O–H groups in total. The van der Waals surface area contributed by atoms with Gasteiger partial charge in [0.15, 0.2) is 12.3 Å². The number of aromatic nitrogens is 3. The molecule has 160 valence electrons. The molecule has 4 rings (SSSR count). The smallest absolute Gasteiger partial charge is 0.348 e. The molecule has 0 fully saturated rings. The zero-order chi connectivity index (χ0) is 22.1. The van der Waals surface area contributed by atoms with E-state index in [4.69, 9.17) is 9.47 Å². The highest BCUT2D eigenvalue weighted by atomic mass is 32.1. The Balaban J connectivity index is 1.46. The summed E-state index contributed by atoms with van der Waals surface area (Å²) in [4.78, 5) is 29.4. The number of pyridine rings is 1. The van der Waals surface area contributed by atoms with Crippen molar-refractivity contribution in [1.29, 1.82) is 0 Å². The number of aryl methyl sites for hydroxylation is 3. The van der Waals surface area contributed by atoms with E-state index in [1.807, 2.05) is 32.0 Å². The first kappa shape index (κ1) is 20.8. The van der Waals surface area contributed by atoms with Crippen molar-refractivity contribution in [3.05, 3.63) is 46.5 Å². The van der Waals surface area contributed by atoms with Gasteiger partial charge < -0.3 is 14.8 Å². The normalized spacial score (nSPS) is 11.1. The number of ether oxygens (including phenoxy) is 2. The van der Waals surface area contributed by atoms with E-state index in [0.717, 1.165) is 26.7 Å². The van der Waals surface area contributed by atoms with Crippen LogP contribution < -0.4 is 10.1 Å². The van der Waals surface area contributed by atoms with Gasteiger partial charge in [0, 0.05) is 23.1 Å². The van der Waals surface area contributed by atoms with Crippen LogP contribution in [0, 0.1) is 13.8 Å². The molecule has 0 atom stereocenters. The highest BCUT2D eigenvalue weighted by molar-refractivity contribution is 7.20. The quantitative estimate of drug-likeness (QED) is 0.457. The second-order valence-corrected chi connectivity index (χ2v) is 8.21. The van der Waals surface area contributed by atoms with Crippen LogP contribution in [-0.2, 0) is 16.6 Å². The number of fused-ring (bicyclic) bond motifs is 2. The third-order valence-electron chi connectivity index (χ3n) is 4.70. The Hall–Kier alpha value is -3.46. The summed E-state index contributed by atoms with van der Waals surface area (Å²) in [5.74, 6) is -0.271. The lowest BCUT2D eigenvalue weighted by Crippen LogP contribution is -2.20. The summed E-state index contributed by atoms with van der Waals surface area (Å²) in [7, 11) is 1.79. The lowest BCUT2D eigenvalue weighted by molar-refractivity contribution is -0.118. The number of esters is 1. The van der Waals surface area contributed by atoms with Gasteiger partial charge in [-0.1, -0.05) is 0 Å². The summed E-state index contributed by atoms with van der Waals surface area (Å²) in [6.45, 7) is 5.80. The van der Waals surface area contributed by atoms with E-state index in [1.165, 1.54) is 11.3 Å². The van der Waals surface area contributed by atoms with Gasteiger partial charge in [-0.25, -0.2) is 14.5 Å². The van der Waals surface area contributed by atoms with Crippen LogP contribution in [0.2, 0.25) is 0 Å². The minimum Gasteiger partial charge on any atom is -0.466 e. The van der Waals surface area contributed by atoms with Crippen molar-refractivity contribution in [1.82, 2.24) is 14.8 Å². The first-order chi connectivity index (χ1) is 14.9. The summed E-state index contributed by atoms with van der Waals surface area (Å²) in [6, 6.07) is 9.19. The van der Waals surface area contributed by atoms with Gasteiger partial charge >= 0.3 is 5.97 Å². The average Bonchev–Trinajstić information content (AvgIpc) is 3.27. The number of carbonyl (C=O) groups is 2. The van der Waals surface area contributed by atoms with Crippen LogP contribution in [-0.4, -0.2) is 39.9 Å². The van der Waals surface area contributed by atoms with Crippen LogP contribution in [0.5, 0.6) is 5.88 Å². The lowest BCUT2D eigenvalue weighted by Gasteiger charge is -2.07. The van der Waals surface area contributed by atoms with Crippen molar-refractivity contribution < 1.29 is 19.1 Å². The molecule has 1 amide bonds. The Bertz CT molecular complexity index is 1310. The Morgan fingerprint density at radius 3 is 2.77 bits per heavy atom. The third-order valence-corrected chi connectivity index (χ3v) is 5.80.